The number of rotatable bonds is 3. The molecule has 1 heterocycles. The average Bonchev–Trinajstić information content (AvgIpc) is 2.82. The Morgan fingerprint density at radius 2 is 1.60 bits per heavy atom. The molecule has 0 bridgehead atoms. The van der Waals surface area contributed by atoms with Crippen LogP contribution >= 0.6 is 11.8 Å². The van der Waals surface area contributed by atoms with Gasteiger partial charge in [-0.2, -0.15) is 0 Å². The van der Waals surface area contributed by atoms with Gasteiger partial charge in [0.1, 0.15) is 0 Å². The molecule has 4 rings (SSSR count). The number of ketones is 1. The summed E-state index contributed by atoms with van der Waals surface area (Å²) in [5, 5.41) is 1.09. The van der Waals surface area contributed by atoms with Gasteiger partial charge in [0, 0.05) is 22.6 Å². The van der Waals surface area contributed by atoms with Crippen LogP contribution in [-0.2, 0) is 0 Å². The highest BCUT2D eigenvalue weighted by Gasteiger charge is 2.31. The topological polar surface area (TPSA) is 20.3 Å². The summed E-state index contributed by atoms with van der Waals surface area (Å²) in [6, 6.07) is 18.6. The summed E-state index contributed by atoms with van der Waals surface area (Å²) in [6.07, 6.45) is 9.51. The number of nitrogens with zero attached hydrogens (tertiary/aromatic N) is 1. The van der Waals surface area contributed by atoms with Crippen LogP contribution < -0.4 is 4.90 Å². The Labute approximate surface area is 153 Å². The lowest BCUT2D eigenvalue weighted by Crippen LogP contribution is -2.31. The minimum Gasteiger partial charge on any atom is -0.332 e. The summed E-state index contributed by atoms with van der Waals surface area (Å²) >= 11 is 1.73. The average molecular weight is 349 g/mol. The van der Waals surface area contributed by atoms with Gasteiger partial charge in [-0.3, -0.25) is 4.79 Å². The van der Waals surface area contributed by atoms with E-state index in [1.165, 1.54) is 49.1 Å². The highest BCUT2D eigenvalue weighted by molar-refractivity contribution is 8.03. The molecule has 1 aliphatic carbocycles. The molecule has 0 amide bonds. The van der Waals surface area contributed by atoms with Gasteiger partial charge in [-0.1, -0.05) is 79.9 Å². The van der Waals surface area contributed by atoms with Crippen molar-refractivity contribution >= 4 is 23.2 Å². The lowest BCUT2D eigenvalue weighted by Gasteiger charge is -2.30. The second-order valence-electron chi connectivity index (χ2n) is 6.80. The molecular formula is C22H23NOS. The lowest BCUT2D eigenvalue weighted by atomic mass is 10.1. The predicted octanol–water partition coefficient (Wildman–Crippen LogP) is 6.05. The van der Waals surface area contributed by atoms with E-state index >= 15 is 0 Å². The fraction of sp³-hybridized carbons (Fsp3) is 0.318. The molecular weight excluding hydrogens is 326 g/mol. The van der Waals surface area contributed by atoms with Crippen molar-refractivity contribution in [1.82, 2.24) is 0 Å². The third kappa shape index (κ3) is 3.52. The maximum absolute atomic E-state index is 12.7. The maximum Gasteiger partial charge on any atom is 0.188 e. The molecule has 25 heavy (non-hydrogen) atoms. The first kappa shape index (κ1) is 16.5. The number of carbonyl (C=O) groups excluding carboxylic acids is 1. The predicted molar refractivity (Wildman–Crippen MR) is 105 cm³/mol. The van der Waals surface area contributed by atoms with Crippen molar-refractivity contribution in [2.24, 2.45) is 0 Å². The first-order valence-corrected chi connectivity index (χ1v) is 10.0. The van der Waals surface area contributed by atoms with E-state index < -0.39 is 0 Å². The number of allylic oxidation sites excluding steroid dienone is 1. The molecule has 0 N–H and O–H groups in total. The van der Waals surface area contributed by atoms with E-state index in [4.69, 9.17) is 0 Å². The Bertz CT molecular complexity index is 776. The number of benzene rings is 2. The first-order chi connectivity index (χ1) is 12.3. The van der Waals surface area contributed by atoms with Crippen molar-refractivity contribution < 1.29 is 4.79 Å². The van der Waals surface area contributed by atoms with Crippen molar-refractivity contribution in [2.75, 3.05) is 4.90 Å². The normalized spacial score (nSPS) is 19.7. The Balaban J connectivity index is 1.68. The van der Waals surface area contributed by atoms with Gasteiger partial charge in [-0.25, -0.2) is 0 Å². The molecule has 2 aliphatic rings. The van der Waals surface area contributed by atoms with Crippen LogP contribution in [-0.4, -0.2) is 11.8 Å². The van der Waals surface area contributed by atoms with E-state index in [9.17, 15) is 4.79 Å². The molecule has 0 spiro atoms. The van der Waals surface area contributed by atoms with Crippen LogP contribution in [0.5, 0.6) is 0 Å². The fourth-order valence-electron chi connectivity index (χ4n) is 3.81. The van der Waals surface area contributed by atoms with Gasteiger partial charge >= 0.3 is 0 Å². The van der Waals surface area contributed by atoms with E-state index in [-0.39, 0.29) is 5.78 Å². The lowest BCUT2D eigenvalue weighted by molar-refractivity contribution is 0.104. The zero-order valence-electron chi connectivity index (χ0n) is 14.4. The third-order valence-corrected chi connectivity index (χ3v) is 6.17. The smallest absolute Gasteiger partial charge is 0.188 e. The van der Waals surface area contributed by atoms with E-state index in [1.54, 1.807) is 11.8 Å². The van der Waals surface area contributed by atoms with Crippen LogP contribution in [0.25, 0.3) is 0 Å². The summed E-state index contributed by atoms with van der Waals surface area (Å²) in [4.78, 5) is 16.4. The number of anilines is 1. The van der Waals surface area contributed by atoms with Gasteiger partial charge in [-0.05, 0) is 25.0 Å². The Hall–Kier alpha value is -2.00. The second-order valence-corrected chi connectivity index (χ2v) is 7.86. The molecule has 0 atom stereocenters. The Morgan fingerprint density at radius 1 is 0.920 bits per heavy atom. The van der Waals surface area contributed by atoms with E-state index in [1.807, 2.05) is 36.4 Å². The van der Waals surface area contributed by atoms with Crippen LogP contribution in [0.4, 0.5) is 5.69 Å². The van der Waals surface area contributed by atoms with Gasteiger partial charge in [0.25, 0.3) is 0 Å². The first-order valence-electron chi connectivity index (χ1n) is 9.20. The maximum atomic E-state index is 12.7. The van der Waals surface area contributed by atoms with Crippen molar-refractivity contribution in [3.8, 4) is 0 Å². The number of para-hydroxylation sites is 1. The molecule has 1 saturated carbocycles. The minimum absolute atomic E-state index is 0.0922. The fourth-order valence-corrected chi connectivity index (χ4v) is 4.97. The SMILES string of the molecule is O=C(/C=C1/Sc2ccccc2N1C1CCCCCC1)c1ccccc1. The van der Waals surface area contributed by atoms with Gasteiger partial charge < -0.3 is 4.90 Å². The molecule has 2 nitrogen and oxygen atoms in total. The molecule has 2 aromatic rings. The van der Waals surface area contributed by atoms with Gasteiger partial charge in [0.2, 0.25) is 0 Å². The third-order valence-electron chi connectivity index (χ3n) is 5.08. The molecule has 3 heteroatoms. The van der Waals surface area contributed by atoms with Crippen molar-refractivity contribution in [3.05, 3.63) is 71.3 Å². The Morgan fingerprint density at radius 3 is 2.36 bits per heavy atom. The number of hydrogen-bond donors (Lipinski definition) is 0. The van der Waals surface area contributed by atoms with Gasteiger partial charge in [0.05, 0.1) is 10.7 Å². The van der Waals surface area contributed by atoms with Crippen LogP contribution in [0.2, 0.25) is 0 Å². The minimum atomic E-state index is 0.0922. The van der Waals surface area contributed by atoms with Crippen molar-refractivity contribution in [2.45, 2.75) is 49.5 Å². The summed E-state index contributed by atoms with van der Waals surface area (Å²) in [5.41, 5.74) is 2.03. The van der Waals surface area contributed by atoms with E-state index in [0.717, 1.165) is 10.6 Å². The summed E-state index contributed by atoms with van der Waals surface area (Å²) < 4.78 is 0. The summed E-state index contributed by atoms with van der Waals surface area (Å²) in [7, 11) is 0. The molecule has 0 radical (unpaired) electrons. The quantitative estimate of drug-likeness (QED) is 0.382. The molecule has 0 unspecified atom stereocenters. The number of thioether (sulfide) groups is 1. The van der Waals surface area contributed by atoms with Crippen LogP contribution in [0.3, 0.4) is 0 Å². The summed E-state index contributed by atoms with van der Waals surface area (Å²) in [5.74, 6) is 0.0922. The van der Waals surface area contributed by atoms with Gasteiger partial charge in [0.15, 0.2) is 5.78 Å². The highest BCUT2D eigenvalue weighted by atomic mass is 32.2. The molecule has 1 fully saturated rings. The molecule has 0 aromatic heterocycles. The van der Waals surface area contributed by atoms with Crippen LogP contribution in [0.15, 0.2) is 70.6 Å². The van der Waals surface area contributed by atoms with Crippen molar-refractivity contribution in [3.63, 3.8) is 0 Å². The van der Waals surface area contributed by atoms with Crippen LogP contribution in [0.1, 0.15) is 48.9 Å². The second kappa shape index (κ2) is 7.49. The highest BCUT2D eigenvalue weighted by Crippen LogP contribution is 2.48. The van der Waals surface area contributed by atoms with Crippen molar-refractivity contribution in [1.29, 1.82) is 0 Å². The molecule has 1 aliphatic heterocycles. The zero-order valence-corrected chi connectivity index (χ0v) is 15.2. The number of carbonyl (C=O) groups is 1. The summed E-state index contributed by atoms with van der Waals surface area (Å²) in [6.45, 7) is 0. The number of hydrogen-bond acceptors (Lipinski definition) is 3. The monoisotopic (exact) mass is 349 g/mol. The molecule has 0 saturated heterocycles. The molecule has 2 aromatic carbocycles. The standard InChI is InChI=1S/C22H23NOS/c24-20(17-10-4-3-5-11-17)16-22-23(18-12-6-1-2-7-13-18)19-14-8-9-15-21(19)25-22/h3-5,8-11,14-16,18H,1-2,6-7,12-13H2/b22-16+. The Kier molecular flexibility index (Phi) is 4.93. The number of fused-ring (bicyclic) bond motifs is 1. The van der Waals surface area contributed by atoms with Crippen LogP contribution in [0, 0.1) is 0 Å². The zero-order chi connectivity index (χ0) is 17.1. The largest absolute Gasteiger partial charge is 0.332 e. The van der Waals surface area contributed by atoms with E-state index in [2.05, 4.69) is 29.2 Å². The van der Waals surface area contributed by atoms with Gasteiger partial charge in [-0.15, -0.1) is 0 Å². The molecule has 128 valence electrons. The van der Waals surface area contributed by atoms with E-state index in [0.29, 0.717) is 6.04 Å².